The number of thiocarbonyl (C=S) groups is 1. The van der Waals surface area contributed by atoms with Gasteiger partial charge in [0.05, 0.1) is 19.9 Å². The molecular formula is C12H13N3O2S. The minimum Gasteiger partial charge on any atom is -0.494 e. The average molecular weight is 263 g/mol. The normalized spacial score (nSPS) is 10.2. The fourth-order valence-corrected chi connectivity index (χ4v) is 1.98. The van der Waals surface area contributed by atoms with E-state index in [-0.39, 0.29) is 0 Å². The van der Waals surface area contributed by atoms with Gasteiger partial charge >= 0.3 is 0 Å². The van der Waals surface area contributed by atoms with Crippen molar-refractivity contribution in [2.24, 2.45) is 0 Å². The lowest BCUT2D eigenvalue weighted by Crippen LogP contribution is -2.06. The van der Waals surface area contributed by atoms with Crippen molar-refractivity contribution in [2.75, 3.05) is 14.2 Å². The molecule has 0 unspecified atom stereocenters. The maximum Gasteiger partial charge on any atom is 0.151 e. The number of methoxy groups -OCH3 is 2. The van der Waals surface area contributed by atoms with Crippen molar-refractivity contribution >= 4 is 17.6 Å². The summed E-state index contributed by atoms with van der Waals surface area (Å²) >= 11 is 5.00. The fourth-order valence-electron chi connectivity index (χ4n) is 1.71. The van der Waals surface area contributed by atoms with E-state index in [4.69, 9.17) is 21.7 Å². The van der Waals surface area contributed by atoms with Gasteiger partial charge < -0.3 is 9.47 Å². The number of aromatic nitrogens is 3. The van der Waals surface area contributed by atoms with Crippen molar-refractivity contribution in [3.63, 3.8) is 0 Å². The summed E-state index contributed by atoms with van der Waals surface area (Å²) in [6.45, 7) is 1.85. The van der Waals surface area contributed by atoms with Gasteiger partial charge in [-0.3, -0.25) is 0 Å². The Morgan fingerprint density at radius 1 is 1.22 bits per heavy atom. The minimum absolute atomic E-state index is 0.650. The van der Waals surface area contributed by atoms with E-state index < -0.39 is 0 Å². The molecular weight excluding hydrogens is 250 g/mol. The first-order valence-electron chi connectivity index (χ1n) is 5.31. The molecule has 94 valence electrons. The van der Waals surface area contributed by atoms with E-state index in [9.17, 15) is 0 Å². The summed E-state index contributed by atoms with van der Waals surface area (Å²) in [6.07, 6.45) is 0. The highest BCUT2D eigenvalue weighted by molar-refractivity contribution is 7.79. The molecule has 0 spiro atoms. The molecule has 2 aromatic rings. The highest BCUT2D eigenvalue weighted by atomic mass is 32.1. The number of hydrogen-bond donors (Lipinski definition) is 0. The van der Waals surface area contributed by atoms with Crippen LogP contribution in [0.3, 0.4) is 0 Å². The monoisotopic (exact) mass is 263 g/mol. The van der Waals surface area contributed by atoms with Gasteiger partial charge in [-0.25, -0.2) is 4.68 Å². The van der Waals surface area contributed by atoms with Crippen LogP contribution in [0.15, 0.2) is 18.2 Å². The van der Waals surface area contributed by atoms with Crippen LogP contribution in [0.25, 0.3) is 5.69 Å². The molecule has 0 bridgehead atoms. The lowest BCUT2D eigenvalue weighted by atomic mass is 10.2. The molecule has 0 aliphatic carbocycles. The Labute approximate surface area is 110 Å². The van der Waals surface area contributed by atoms with Crippen LogP contribution in [0, 0.1) is 6.92 Å². The van der Waals surface area contributed by atoms with Crippen LogP contribution >= 0.6 is 12.2 Å². The molecule has 0 amide bonds. The smallest absolute Gasteiger partial charge is 0.151 e. The predicted molar refractivity (Wildman–Crippen MR) is 72.0 cm³/mol. The molecule has 2 rings (SSSR count). The van der Waals surface area contributed by atoms with Gasteiger partial charge in [0.25, 0.3) is 0 Å². The molecule has 0 radical (unpaired) electrons. The third-order valence-electron chi connectivity index (χ3n) is 2.61. The molecule has 0 aliphatic rings. The Balaban J connectivity index is 2.72. The quantitative estimate of drug-likeness (QED) is 0.789. The minimum atomic E-state index is 0.650. The predicted octanol–water partition coefficient (Wildman–Crippen LogP) is 1.94. The summed E-state index contributed by atoms with van der Waals surface area (Å²) in [4.78, 5) is 0. The Bertz CT molecular complexity index is 558. The van der Waals surface area contributed by atoms with E-state index in [2.05, 4.69) is 10.3 Å². The second kappa shape index (κ2) is 5.14. The first-order chi connectivity index (χ1) is 8.72. The number of benzene rings is 1. The van der Waals surface area contributed by atoms with Gasteiger partial charge in [0.1, 0.15) is 17.2 Å². The van der Waals surface area contributed by atoms with Crippen molar-refractivity contribution in [1.29, 1.82) is 0 Å². The molecule has 0 aliphatic heterocycles. The third kappa shape index (κ3) is 1.95. The fraction of sp³-hybridized carbons (Fsp3) is 0.250. The van der Waals surface area contributed by atoms with Gasteiger partial charge in [-0.05, 0) is 19.1 Å². The molecule has 18 heavy (non-hydrogen) atoms. The molecule has 6 heteroatoms. The number of hydrogen-bond acceptors (Lipinski definition) is 5. The molecule has 0 atom stereocenters. The largest absolute Gasteiger partial charge is 0.494 e. The third-order valence-corrected chi connectivity index (χ3v) is 2.83. The molecule has 0 saturated heterocycles. The highest BCUT2D eigenvalue weighted by Gasteiger charge is 2.17. The Hall–Kier alpha value is -1.95. The molecule has 0 saturated carbocycles. The summed E-state index contributed by atoms with van der Waals surface area (Å²) in [6, 6.07) is 5.52. The molecule has 1 aromatic heterocycles. The van der Waals surface area contributed by atoms with Crippen molar-refractivity contribution in [3.05, 3.63) is 29.6 Å². The van der Waals surface area contributed by atoms with Crippen molar-refractivity contribution in [2.45, 2.75) is 6.92 Å². The van der Waals surface area contributed by atoms with Crippen molar-refractivity contribution < 1.29 is 9.47 Å². The van der Waals surface area contributed by atoms with E-state index in [1.54, 1.807) is 24.3 Å². The molecule has 0 N–H and O–H groups in total. The SMILES string of the molecule is COc1cccc(OC)c1-n1nnc(C)c1C=S. The first kappa shape index (κ1) is 12.5. The standard InChI is InChI=1S/C12H13N3O2S/c1-8-9(7-18)15(14-13-8)12-10(16-2)5-4-6-11(12)17-3/h4-7H,1-3H3. The van der Waals surface area contributed by atoms with Gasteiger partial charge in [0.15, 0.2) is 5.69 Å². The van der Waals surface area contributed by atoms with Gasteiger partial charge in [0, 0.05) is 5.37 Å². The van der Waals surface area contributed by atoms with Crippen LogP contribution in [0.4, 0.5) is 0 Å². The van der Waals surface area contributed by atoms with Crippen LogP contribution < -0.4 is 9.47 Å². The van der Waals surface area contributed by atoms with E-state index in [1.165, 1.54) is 0 Å². The van der Waals surface area contributed by atoms with Crippen LogP contribution in [-0.2, 0) is 0 Å². The summed E-state index contributed by atoms with van der Waals surface area (Å²) in [5, 5.41) is 9.64. The summed E-state index contributed by atoms with van der Waals surface area (Å²) < 4.78 is 12.3. The molecule has 1 aromatic carbocycles. The van der Waals surface area contributed by atoms with Crippen LogP contribution in [-0.4, -0.2) is 34.6 Å². The maximum absolute atomic E-state index is 5.33. The number of rotatable bonds is 4. The van der Waals surface area contributed by atoms with E-state index in [1.807, 2.05) is 25.1 Å². The van der Waals surface area contributed by atoms with Gasteiger partial charge in [-0.15, -0.1) is 5.10 Å². The van der Waals surface area contributed by atoms with Crippen LogP contribution in [0.2, 0.25) is 0 Å². The molecule has 0 fully saturated rings. The number of aryl methyl sites for hydroxylation is 1. The zero-order valence-electron chi connectivity index (χ0n) is 10.4. The Kier molecular flexibility index (Phi) is 3.57. The number of para-hydroxylation sites is 1. The topological polar surface area (TPSA) is 49.2 Å². The van der Waals surface area contributed by atoms with E-state index in [0.29, 0.717) is 17.2 Å². The van der Waals surface area contributed by atoms with Crippen molar-refractivity contribution in [1.82, 2.24) is 15.0 Å². The first-order valence-corrected chi connectivity index (χ1v) is 5.79. The van der Waals surface area contributed by atoms with Gasteiger partial charge in [-0.1, -0.05) is 23.5 Å². The number of nitrogens with zero attached hydrogens (tertiary/aromatic N) is 3. The molecule has 5 nitrogen and oxygen atoms in total. The van der Waals surface area contributed by atoms with Crippen LogP contribution in [0.1, 0.15) is 11.4 Å². The zero-order valence-corrected chi connectivity index (χ0v) is 11.2. The summed E-state index contributed by atoms with van der Waals surface area (Å²) in [5.74, 6) is 1.30. The Morgan fingerprint density at radius 3 is 2.33 bits per heavy atom. The second-order valence-electron chi connectivity index (χ2n) is 3.60. The average Bonchev–Trinajstić information content (AvgIpc) is 2.78. The van der Waals surface area contributed by atoms with Crippen LogP contribution in [0.5, 0.6) is 11.5 Å². The van der Waals surface area contributed by atoms with E-state index >= 15 is 0 Å². The zero-order chi connectivity index (χ0) is 13.1. The lowest BCUT2D eigenvalue weighted by Gasteiger charge is -2.13. The highest BCUT2D eigenvalue weighted by Crippen LogP contribution is 2.32. The Morgan fingerprint density at radius 2 is 1.83 bits per heavy atom. The maximum atomic E-state index is 5.33. The molecule has 1 heterocycles. The van der Waals surface area contributed by atoms with Gasteiger partial charge in [0.2, 0.25) is 0 Å². The number of ether oxygens (including phenoxy) is 2. The lowest BCUT2D eigenvalue weighted by molar-refractivity contribution is 0.388. The van der Waals surface area contributed by atoms with Crippen molar-refractivity contribution in [3.8, 4) is 17.2 Å². The van der Waals surface area contributed by atoms with Gasteiger partial charge in [-0.2, -0.15) is 0 Å². The van der Waals surface area contributed by atoms with E-state index in [0.717, 1.165) is 11.4 Å². The summed E-state index contributed by atoms with van der Waals surface area (Å²) in [5.41, 5.74) is 2.20. The summed E-state index contributed by atoms with van der Waals surface area (Å²) in [7, 11) is 3.19. The second-order valence-corrected chi connectivity index (χ2v) is 3.84.